The van der Waals surface area contributed by atoms with Crippen molar-refractivity contribution in [2.75, 3.05) is 6.61 Å². The Labute approximate surface area is 171 Å². The summed E-state index contributed by atoms with van der Waals surface area (Å²) in [7, 11) is 0. The van der Waals surface area contributed by atoms with E-state index in [4.69, 9.17) is 9.47 Å². The van der Waals surface area contributed by atoms with Crippen LogP contribution in [-0.2, 0) is 6.61 Å². The van der Waals surface area contributed by atoms with Gasteiger partial charge in [-0.25, -0.2) is 5.01 Å². The molecule has 1 heterocycles. The van der Waals surface area contributed by atoms with E-state index < -0.39 is 24.2 Å². The quantitative estimate of drug-likeness (QED) is 0.742. The molecule has 1 aliphatic heterocycles. The Balaban J connectivity index is 1.66. The molecule has 1 aliphatic rings. The second-order valence-electron chi connectivity index (χ2n) is 6.74. The van der Waals surface area contributed by atoms with Crippen LogP contribution in [0.2, 0.25) is 0 Å². The minimum Gasteiger partial charge on any atom is -0.494 e. The van der Waals surface area contributed by atoms with E-state index in [1.54, 1.807) is 36.4 Å². The number of hydrogen-bond acceptors (Lipinski definition) is 5. The number of carbonyl (C=O) groups is 1. The molecule has 3 rings (SSSR count). The van der Waals surface area contributed by atoms with Crippen molar-refractivity contribution < 1.29 is 32.5 Å². The van der Waals surface area contributed by atoms with Gasteiger partial charge in [-0.05, 0) is 48.9 Å². The number of halogens is 3. The average molecular weight is 422 g/mol. The molecule has 0 saturated carbocycles. The van der Waals surface area contributed by atoms with Crippen LogP contribution in [0, 0.1) is 0 Å². The van der Waals surface area contributed by atoms with Crippen molar-refractivity contribution >= 4 is 5.91 Å². The third-order valence-corrected chi connectivity index (χ3v) is 4.50. The van der Waals surface area contributed by atoms with E-state index >= 15 is 0 Å². The maximum atomic E-state index is 13.3. The Morgan fingerprint density at radius 3 is 2.23 bits per heavy atom. The summed E-state index contributed by atoms with van der Waals surface area (Å²) in [6.07, 6.45) is -5.88. The number of carbonyl (C=O) groups excluding carboxylic acids is 1. The van der Waals surface area contributed by atoms with E-state index in [0.717, 1.165) is 5.75 Å². The first-order valence-electron chi connectivity index (χ1n) is 9.17. The Morgan fingerprint density at radius 2 is 1.70 bits per heavy atom. The standard InChI is InChI=1S/C21H21F3N2O4/c1-3-29-17-8-10-18(11-9-17)30-13-15-4-6-16(7-5-15)19(27)26-20(28,21(22,23)24)12-14(2)25-26/h4-11,25,28H,2-3,12-13H2,1H3. The van der Waals surface area contributed by atoms with Gasteiger partial charge in [-0.1, -0.05) is 18.7 Å². The smallest absolute Gasteiger partial charge is 0.438 e. The lowest BCUT2D eigenvalue weighted by Gasteiger charge is -2.33. The minimum atomic E-state index is -5.04. The van der Waals surface area contributed by atoms with E-state index in [9.17, 15) is 23.1 Å². The van der Waals surface area contributed by atoms with Crippen LogP contribution >= 0.6 is 0 Å². The van der Waals surface area contributed by atoms with Gasteiger partial charge in [0.1, 0.15) is 18.1 Å². The third-order valence-electron chi connectivity index (χ3n) is 4.50. The lowest BCUT2D eigenvalue weighted by Crippen LogP contribution is -2.59. The van der Waals surface area contributed by atoms with Crippen LogP contribution in [0.25, 0.3) is 0 Å². The molecular formula is C21H21F3N2O4. The Morgan fingerprint density at radius 1 is 1.13 bits per heavy atom. The van der Waals surface area contributed by atoms with Crippen LogP contribution < -0.4 is 14.9 Å². The predicted molar refractivity (Wildman–Crippen MR) is 102 cm³/mol. The Hall–Kier alpha value is -3.20. The molecule has 2 N–H and O–H groups in total. The highest BCUT2D eigenvalue weighted by Crippen LogP contribution is 2.41. The first-order chi connectivity index (χ1) is 14.1. The third kappa shape index (κ3) is 4.35. The summed E-state index contributed by atoms with van der Waals surface area (Å²) in [6, 6.07) is 13.0. The van der Waals surface area contributed by atoms with Gasteiger partial charge in [-0.15, -0.1) is 0 Å². The molecule has 0 aromatic heterocycles. The van der Waals surface area contributed by atoms with Crippen molar-refractivity contribution in [2.45, 2.75) is 31.9 Å². The van der Waals surface area contributed by atoms with Crippen LogP contribution in [-0.4, -0.2) is 34.5 Å². The molecule has 2 aromatic carbocycles. The fraction of sp³-hybridized carbons (Fsp3) is 0.286. The van der Waals surface area contributed by atoms with Crippen molar-refractivity contribution in [3.63, 3.8) is 0 Å². The zero-order chi connectivity index (χ0) is 21.9. The lowest BCUT2D eigenvalue weighted by atomic mass is 10.1. The number of ether oxygens (including phenoxy) is 2. The molecular weight excluding hydrogens is 401 g/mol. The normalized spacial score (nSPS) is 18.8. The van der Waals surface area contributed by atoms with E-state index in [2.05, 4.69) is 12.0 Å². The zero-order valence-corrected chi connectivity index (χ0v) is 16.2. The number of rotatable bonds is 6. The molecule has 9 heteroatoms. The molecule has 2 aromatic rings. The van der Waals surface area contributed by atoms with Crippen LogP contribution in [0.1, 0.15) is 29.3 Å². The van der Waals surface area contributed by atoms with Gasteiger partial charge in [-0.2, -0.15) is 13.2 Å². The summed E-state index contributed by atoms with van der Waals surface area (Å²) in [4.78, 5) is 12.5. The van der Waals surface area contributed by atoms with Crippen LogP contribution in [0.4, 0.5) is 13.2 Å². The Bertz CT molecular complexity index is 913. The number of aliphatic hydroxyl groups is 1. The fourth-order valence-corrected chi connectivity index (χ4v) is 2.95. The van der Waals surface area contributed by atoms with Gasteiger partial charge in [0.25, 0.3) is 11.6 Å². The molecule has 30 heavy (non-hydrogen) atoms. The van der Waals surface area contributed by atoms with Gasteiger partial charge in [-0.3, -0.25) is 10.2 Å². The topological polar surface area (TPSA) is 71.0 Å². The van der Waals surface area contributed by atoms with Gasteiger partial charge in [0, 0.05) is 17.7 Å². The van der Waals surface area contributed by atoms with Crippen molar-refractivity contribution in [1.29, 1.82) is 0 Å². The zero-order valence-electron chi connectivity index (χ0n) is 16.2. The van der Waals surface area contributed by atoms with Crippen LogP contribution in [0.3, 0.4) is 0 Å². The molecule has 0 aliphatic carbocycles. The summed E-state index contributed by atoms with van der Waals surface area (Å²) in [5.74, 6) is 0.325. The summed E-state index contributed by atoms with van der Waals surface area (Å²) in [6.45, 7) is 6.03. The molecule has 6 nitrogen and oxygen atoms in total. The number of hydrogen-bond donors (Lipinski definition) is 2. The number of benzene rings is 2. The highest BCUT2D eigenvalue weighted by molar-refractivity contribution is 5.94. The SMILES string of the molecule is C=C1CC(O)(C(F)(F)F)N(C(=O)c2ccc(COc3ccc(OCC)cc3)cc2)N1. The van der Waals surface area contributed by atoms with Gasteiger partial charge in [0.05, 0.1) is 6.61 Å². The van der Waals surface area contributed by atoms with Gasteiger partial charge < -0.3 is 14.6 Å². The Kier molecular flexibility index (Phi) is 5.93. The number of nitrogens with one attached hydrogen (secondary N) is 1. The number of hydrazine groups is 1. The van der Waals surface area contributed by atoms with Gasteiger partial charge >= 0.3 is 6.18 Å². The first kappa shape index (κ1) is 21.5. The van der Waals surface area contributed by atoms with E-state index in [1.165, 1.54) is 12.1 Å². The van der Waals surface area contributed by atoms with Crippen LogP contribution in [0.15, 0.2) is 60.8 Å². The second kappa shape index (κ2) is 8.27. The van der Waals surface area contributed by atoms with Crippen molar-refractivity contribution in [2.24, 2.45) is 0 Å². The summed E-state index contributed by atoms with van der Waals surface area (Å²) >= 11 is 0. The summed E-state index contributed by atoms with van der Waals surface area (Å²) in [5, 5.41) is 10.2. The summed E-state index contributed by atoms with van der Waals surface area (Å²) < 4.78 is 50.9. The highest BCUT2D eigenvalue weighted by atomic mass is 19.4. The molecule has 160 valence electrons. The molecule has 0 radical (unpaired) electrons. The van der Waals surface area contributed by atoms with Crippen molar-refractivity contribution in [1.82, 2.24) is 10.4 Å². The molecule has 0 bridgehead atoms. The van der Waals surface area contributed by atoms with E-state index in [1.807, 2.05) is 6.92 Å². The minimum absolute atomic E-state index is 0.0234. The predicted octanol–water partition coefficient (Wildman–Crippen LogP) is 3.78. The van der Waals surface area contributed by atoms with Crippen molar-refractivity contribution in [3.8, 4) is 11.5 Å². The number of nitrogens with zero attached hydrogens (tertiary/aromatic N) is 1. The molecule has 1 amide bonds. The van der Waals surface area contributed by atoms with Crippen LogP contribution in [0.5, 0.6) is 11.5 Å². The molecule has 0 spiro atoms. The van der Waals surface area contributed by atoms with Gasteiger partial charge in [0.15, 0.2) is 0 Å². The first-order valence-corrected chi connectivity index (χ1v) is 9.17. The summed E-state index contributed by atoms with van der Waals surface area (Å²) in [5.41, 5.74) is -0.560. The monoisotopic (exact) mass is 422 g/mol. The molecule has 1 atom stereocenters. The van der Waals surface area contributed by atoms with E-state index in [-0.39, 0.29) is 22.9 Å². The highest BCUT2D eigenvalue weighted by Gasteiger charge is 2.63. The largest absolute Gasteiger partial charge is 0.494 e. The average Bonchev–Trinajstić information content (AvgIpc) is 3.03. The molecule has 1 saturated heterocycles. The number of alkyl halides is 3. The second-order valence-corrected chi connectivity index (χ2v) is 6.74. The molecule has 1 fully saturated rings. The fourth-order valence-electron chi connectivity index (χ4n) is 2.95. The maximum absolute atomic E-state index is 13.3. The lowest BCUT2D eigenvalue weighted by molar-refractivity contribution is -0.299. The maximum Gasteiger partial charge on any atom is 0.438 e. The van der Waals surface area contributed by atoms with Crippen molar-refractivity contribution in [3.05, 3.63) is 71.9 Å². The van der Waals surface area contributed by atoms with E-state index in [0.29, 0.717) is 17.9 Å². The molecule has 1 unspecified atom stereocenters. The van der Waals surface area contributed by atoms with Gasteiger partial charge in [0.2, 0.25) is 0 Å². The number of amides is 1.